The van der Waals surface area contributed by atoms with E-state index in [0.29, 0.717) is 11.4 Å². The van der Waals surface area contributed by atoms with Crippen molar-refractivity contribution in [1.29, 1.82) is 0 Å². The van der Waals surface area contributed by atoms with Gasteiger partial charge in [-0.15, -0.1) is 11.3 Å². The number of halogens is 1. The number of hydrogen-bond acceptors (Lipinski definition) is 5. The zero-order valence-corrected chi connectivity index (χ0v) is 18.0. The van der Waals surface area contributed by atoms with Crippen LogP contribution in [-0.2, 0) is 14.6 Å². The van der Waals surface area contributed by atoms with Crippen molar-refractivity contribution in [2.45, 2.75) is 22.1 Å². The highest BCUT2D eigenvalue weighted by molar-refractivity contribution is 9.10. The molecule has 0 bridgehead atoms. The van der Waals surface area contributed by atoms with E-state index >= 15 is 0 Å². The number of ether oxygens (including phenoxy) is 1. The van der Waals surface area contributed by atoms with Gasteiger partial charge in [-0.3, -0.25) is 4.79 Å². The number of anilines is 1. The van der Waals surface area contributed by atoms with E-state index in [4.69, 9.17) is 4.74 Å². The predicted octanol–water partition coefficient (Wildman–Crippen LogP) is 4.83. The Kier molecular flexibility index (Phi) is 5.03. The summed E-state index contributed by atoms with van der Waals surface area (Å²) in [6, 6.07) is 14.0. The fraction of sp³-hybridized carbons (Fsp3) is 0.150. The number of hydrogen-bond donors (Lipinski definition) is 1. The molecule has 0 aliphatic carbocycles. The van der Waals surface area contributed by atoms with Gasteiger partial charge < -0.3 is 10.1 Å². The largest absolute Gasteiger partial charge is 0.497 e. The Bertz CT molecular complexity index is 1140. The molecular formula is C20H16BrNO4S2. The van der Waals surface area contributed by atoms with Gasteiger partial charge in [-0.25, -0.2) is 8.42 Å². The van der Waals surface area contributed by atoms with Crippen LogP contribution >= 0.6 is 27.3 Å². The van der Waals surface area contributed by atoms with Crippen LogP contribution in [0.25, 0.3) is 0 Å². The van der Waals surface area contributed by atoms with E-state index < -0.39 is 9.84 Å². The number of rotatable bonds is 4. The monoisotopic (exact) mass is 477 g/mol. The molecule has 0 spiro atoms. The lowest BCUT2D eigenvalue weighted by Gasteiger charge is -2.23. The molecule has 2 aromatic carbocycles. The lowest BCUT2D eigenvalue weighted by Crippen LogP contribution is -2.23. The first-order valence-electron chi connectivity index (χ1n) is 8.46. The molecule has 28 heavy (non-hydrogen) atoms. The summed E-state index contributed by atoms with van der Waals surface area (Å²) >= 11 is 4.77. The molecule has 1 unspecified atom stereocenters. The second kappa shape index (κ2) is 7.35. The van der Waals surface area contributed by atoms with Crippen molar-refractivity contribution in [3.63, 3.8) is 0 Å². The Hall–Kier alpha value is -2.16. The number of carbonyl (C=O) groups excluding carboxylic acids is 1. The number of amides is 1. The fourth-order valence-corrected chi connectivity index (χ4v) is 6.42. The van der Waals surface area contributed by atoms with Crippen molar-refractivity contribution in [3.05, 3.63) is 68.8 Å². The van der Waals surface area contributed by atoms with E-state index in [2.05, 4.69) is 21.2 Å². The van der Waals surface area contributed by atoms with Gasteiger partial charge in [-0.1, -0.05) is 28.1 Å². The topological polar surface area (TPSA) is 72.5 Å². The number of methoxy groups -OCH3 is 1. The van der Waals surface area contributed by atoms with Crippen molar-refractivity contribution in [2.75, 3.05) is 12.4 Å². The predicted molar refractivity (Wildman–Crippen MR) is 112 cm³/mol. The molecule has 2 heterocycles. The van der Waals surface area contributed by atoms with Crippen LogP contribution in [0.3, 0.4) is 0 Å². The van der Waals surface area contributed by atoms with Crippen LogP contribution in [0.2, 0.25) is 0 Å². The molecule has 0 radical (unpaired) electrons. The molecule has 0 fully saturated rings. The first kappa shape index (κ1) is 19.2. The van der Waals surface area contributed by atoms with Crippen molar-refractivity contribution in [1.82, 2.24) is 0 Å². The molecule has 3 aromatic rings. The number of thiophene rings is 1. The van der Waals surface area contributed by atoms with Crippen LogP contribution in [0.15, 0.2) is 68.2 Å². The van der Waals surface area contributed by atoms with Crippen molar-refractivity contribution in [3.8, 4) is 5.75 Å². The third kappa shape index (κ3) is 3.36. The Morgan fingerprint density at radius 2 is 1.79 bits per heavy atom. The van der Waals surface area contributed by atoms with Gasteiger partial charge in [0.1, 0.15) is 10.6 Å². The highest BCUT2D eigenvalue weighted by Gasteiger charge is 2.34. The van der Waals surface area contributed by atoms with E-state index in [-0.39, 0.29) is 28.0 Å². The maximum atomic E-state index is 13.2. The molecular weight excluding hydrogens is 462 g/mol. The smallest absolute Gasteiger partial charge is 0.225 e. The minimum Gasteiger partial charge on any atom is -0.497 e. The number of fused-ring (bicyclic) bond motifs is 1. The molecule has 1 amide bonds. The lowest BCUT2D eigenvalue weighted by molar-refractivity contribution is -0.116. The van der Waals surface area contributed by atoms with E-state index in [0.717, 1.165) is 14.9 Å². The van der Waals surface area contributed by atoms with Crippen LogP contribution < -0.4 is 10.1 Å². The maximum absolute atomic E-state index is 13.2. The molecule has 0 saturated carbocycles. The Balaban J connectivity index is 1.79. The molecule has 144 valence electrons. The van der Waals surface area contributed by atoms with Gasteiger partial charge in [-0.2, -0.15) is 0 Å². The summed E-state index contributed by atoms with van der Waals surface area (Å²) in [5, 5.41) is 4.39. The third-order valence-electron chi connectivity index (χ3n) is 4.69. The van der Waals surface area contributed by atoms with E-state index in [1.807, 2.05) is 24.3 Å². The van der Waals surface area contributed by atoms with Gasteiger partial charge in [0.2, 0.25) is 15.7 Å². The summed E-state index contributed by atoms with van der Waals surface area (Å²) in [7, 11) is -2.24. The first-order valence-corrected chi connectivity index (χ1v) is 11.6. The number of nitrogens with one attached hydrogen (secondary N) is 1. The molecule has 1 aliphatic heterocycles. The van der Waals surface area contributed by atoms with Crippen molar-refractivity contribution >= 4 is 48.7 Å². The molecule has 1 aliphatic rings. The van der Waals surface area contributed by atoms with Crippen molar-refractivity contribution < 1.29 is 17.9 Å². The lowest BCUT2D eigenvalue weighted by atomic mass is 9.91. The fourth-order valence-electron chi connectivity index (χ4n) is 3.25. The summed E-state index contributed by atoms with van der Waals surface area (Å²) < 4.78 is 32.4. The normalized spacial score (nSPS) is 16.4. The molecule has 4 rings (SSSR count). The van der Waals surface area contributed by atoms with Gasteiger partial charge in [0.05, 0.1) is 17.7 Å². The summed E-state index contributed by atoms with van der Waals surface area (Å²) in [5.74, 6) is 0.224. The van der Waals surface area contributed by atoms with Crippen molar-refractivity contribution in [2.24, 2.45) is 0 Å². The average Bonchev–Trinajstić information content (AvgIpc) is 3.12. The van der Waals surface area contributed by atoms with E-state index in [9.17, 15) is 13.2 Å². The Labute approximate surface area is 175 Å². The van der Waals surface area contributed by atoms with E-state index in [1.165, 1.54) is 30.6 Å². The third-order valence-corrected chi connectivity index (χ3v) is 8.26. The van der Waals surface area contributed by atoms with Gasteiger partial charge in [0.15, 0.2) is 0 Å². The standard InChI is InChI=1S/C20H16BrNO4S2/c1-26-14-6-8-15(9-7-14)28(24,25)17-11-27-20-16(10-18(23)22-19(17)20)12-2-4-13(21)5-3-12/h2-9,11,16H,10H2,1H3,(H,22,23). The number of carbonyl (C=O) groups is 1. The van der Waals surface area contributed by atoms with Crippen LogP contribution in [0.5, 0.6) is 5.75 Å². The molecule has 5 nitrogen and oxygen atoms in total. The quantitative estimate of drug-likeness (QED) is 0.584. The van der Waals surface area contributed by atoms with Gasteiger partial charge >= 0.3 is 0 Å². The Morgan fingerprint density at radius 1 is 1.11 bits per heavy atom. The zero-order chi connectivity index (χ0) is 19.9. The minimum atomic E-state index is -3.77. The highest BCUT2D eigenvalue weighted by atomic mass is 79.9. The number of benzene rings is 2. The SMILES string of the molecule is COc1ccc(S(=O)(=O)c2csc3c2NC(=O)CC3c2ccc(Br)cc2)cc1. The van der Waals surface area contributed by atoms with Gasteiger partial charge in [-0.05, 0) is 42.0 Å². The van der Waals surface area contributed by atoms with Crippen LogP contribution in [0.4, 0.5) is 5.69 Å². The molecule has 1 atom stereocenters. The minimum absolute atomic E-state index is 0.132. The summed E-state index contributed by atoms with van der Waals surface area (Å²) in [5.41, 5.74) is 1.37. The van der Waals surface area contributed by atoms with Gasteiger partial charge in [0.25, 0.3) is 0 Å². The van der Waals surface area contributed by atoms with Crippen LogP contribution in [0.1, 0.15) is 22.8 Å². The molecule has 1 aromatic heterocycles. The average molecular weight is 478 g/mol. The van der Waals surface area contributed by atoms with Crippen LogP contribution in [0, 0.1) is 0 Å². The Morgan fingerprint density at radius 3 is 2.43 bits per heavy atom. The molecule has 0 saturated heterocycles. The molecule has 8 heteroatoms. The second-order valence-electron chi connectivity index (χ2n) is 6.37. The number of sulfone groups is 1. The van der Waals surface area contributed by atoms with E-state index in [1.54, 1.807) is 17.5 Å². The summed E-state index contributed by atoms with van der Waals surface area (Å²) in [6.45, 7) is 0. The van der Waals surface area contributed by atoms with Crippen LogP contribution in [-0.4, -0.2) is 21.4 Å². The highest BCUT2D eigenvalue weighted by Crippen LogP contribution is 2.46. The summed E-state index contributed by atoms with van der Waals surface area (Å²) in [4.78, 5) is 13.5. The molecule has 1 N–H and O–H groups in total. The summed E-state index contributed by atoms with van der Waals surface area (Å²) in [6.07, 6.45) is 0.289. The first-order chi connectivity index (χ1) is 13.4. The second-order valence-corrected chi connectivity index (χ2v) is 10.1. The maximum Gasteiger partial charge on any atom is 0.225 e. The van der Waals surface area contributed by atoms with Gasteiger partial charge in [0, 0.05) is 27.1 Å². The zero-order valence-electron chi connectivity index (χ0n) is 14.8.